The van der Waals surface area contributed by atoms with Crippen LogP contribution in [0.1, 0.15) is 30.7 Å². The van der Waals surface area contributed by atoms with E-state index < -0.39 is 22.8 Å². The van der Waals surface area contributed by atoms with Crippen LogP contribution in [0.2, 0.25) is 0 Å². The lowest BCUT2D eigenvalue weighted by molar-refractivity contribution is -0.202. The van der Waals surface area contributed by atoms with Crippen LogP contribution in [-0.2, 0) is 19.9 Å². The van der Waals surface area contributed by atoms with Crippen molar-refractivity contribution >= 4 is 35.0 Å². The number of aromatic nitrogens is 3. The van der Waals surface area contributed by atoms with E-state index in [9.17, 15) is 13.6 Å². The average Bonchev–Trinajstić information content (AvgIpc) is 3.38. The minimum atomic E-state index is -0.876. The van der Waals surface area contributed by atoms with Gasteiger partial charge in [0, 0.05) is 46.4 Å². The molecule has 2 saturated heterocycles. The maximum absolute atomic E-state index is 14.9. The number of nitrogens with zero attached hydrogens (tertiary/aromatic N) is 4. The predicted molar refractivity (Wildman–Crippen MR) is 159 cm³/mol. The summed E-state index contributed by atoms with van der Waals surface area (Å²) in [5.74, 6) is -1.17. The minimum Gasteiger partial charge on any atom is -0.375 e. The number of carbonyl (C=O) groups excluding carboxylic acids is 1. The van der Waals surface area contributed by atoms with Crippen molar-refractivity contribution in [2.75, 3.05) is 50.7 Å². The summed E-state index contributed by atoms with van der Waals surface area (Å²) in [6, 6.07) is 3.96. The molecule has 1 amide bonds. The third kappa shape index (κ3) is 6.01. The quantitative estimate of drug-likeness (QED) is 0.276. The summed E-state index contributed by atoms with van der Waals surface area (Å²) < 4.78 is 40.4. The number of ether oxygens (including phenoxy) is 2. The van der Waals surface area contributed by atoms with Crippen molar-refractivity contribution in [2.24, 2.45) is 11.7 Å². The summed E-state index contributed by atoms with van der Waals surface area (Å²) in [7, 11) is 3.25. The van der Waals surface area contributed by atoms with Gasteiger partial charge in [0.1, 0.15) is 17.2 Å². The van der Waals surface area contributed by atoms with Crippen LogP contribution in [0.3, 0.4) is 0 Å². The first kappa shape index (κ1) is 30.3. The fourth-order valence-electron chi connectivity index (χ4n) is 5.80. The summed E-state index contributed by atoms with van der Waals surface area (Å²) >= 11 is 0. The van der Waals surface area contributed by atoms with Crippen molar-refractivity contribution in [1.29, 1.82) is 5.41 Å². The molecule has 0 saturated carbocycles. The third-order valence-corrected chi connectivity index (χ3v) is 8.22. The molecule has 2 fully saturated rings. The SMILES string of the molecule is COC1(c2cc(F)c(C(=N)/C=C\c3cnc(Nc4cnccc4N4CC(C)C(N(C)C(C)=O)C(N)C4)[nH]3)c(F)c2)COC1. The molecule has 0 bridgehead atoms. The molecule has 0 spiro atoms. The van der Waals surface area contributed by atoms with Gasteiger partial charge in [-0.3, -0.25) is 9.78 Å². The molecule has 4 heterocycles. The number of methoxy groups -OCH3 is 1. The lowest BCUT2D eigenvalue weighted by Gasteiger charge is -2.46. The normalized spacial score (nSPS) is 21.5. The van der Waals surface area contributed by atoms with Gasteiger partial charge in [-0.05, 0) is 41.8 Å². The van der Waals surface area contributed by atoms with Crippen molar-refractivity contribution in [3.05, 3.63) is 71.3 Å². The van der Waals surface area contributed by atoms with Gasteiger partial charge in [0.25, 0.3) is 0 Å². The molecule has 3 unspecified atom stereocenters. The highest BCUT2D eigenvalue weighted by Gasteiger charge is 2.42. The van der Waals surface area contributed by atoms with Crippen molar-refractivity contribution < 1.29 is 23.0 Å². The first-order valence-electron chi connectivity index (χ1n) is 13.9. The van der Waals surface area contributed by atoms with Gasteiger partial charge in [-0.15, -0.1) is 0 Å². The van der Waals surface area contributed by atoms with Gasteiger partial charge in [-0.1, -0.05) is 6.92 Å². The lowest BCUT2D eigenvalue weighted by atomic mass is 9.88. The number of allylic oxidation sites excluding steroid dienone is 1. The number of likely N-dealkylation sites (N-methyl/N-ethyl adjacent to an activating group) is 1. The van der Waals surface area contributed by atoms with Gasteiger partial charge in [0.15, 0.2) is 0 Å². The molecule has 5 N–H and O–H groups in total. The highest BCUT2D eigenvalue weighted by atomic mass is 19.1. The largest absolute Gasteiger partial charge is 0.375 e. The van der Waals surface area contributed by atoms with Crippen LogP contribution >= 0.6 is 0 Å². The molecule has 0 radical (unpaired) electrons. The topological polar surface area (TPSA) is 145 Å². The number of halogens is 2. The van der Waals surface area contributed by atoms with Crippen LogP contribution in [0, 0.1) is 23.0 Å². The Balaban J connectivity index is 1.28. The number of hydrogen-bond donors (Lipinski definition) is 4. The fraction of sp³-hybridized carbons (Fsp3) is 0.400. The maximum Gasteiger partial charge on any atom is 0.219 e. The zero-order chi connectivity index (χ0) is 30.9. The second-order valence-electron chi connectivity index (χ2n) is 11.1. The van der Waals surface area contributed by atoms with Crippen LogP contribution in [0.4, 0.5) is 26.1 Å². The van der Waals surface area contributed by atoms with E-state index in [0.717, 1.165) is 5.69 Å². The zero-order valence-electron chi connectivity index (χ0n) is 24.5. The number of piperidine rings is 1. The van der Waals surface area contributed by atoms with Gasteiger partial charge in [-0.2, -0.15) is 0 Å². The Bertz CT molecular complexity index is 1500. The molecule has 228 valence electrons. The van der Waals surface area contributed by atoms with E-state index >= 15 is 0 Å². The van der Waals surface area contributed by atoms with Gasteiger partial charge in [0.05, 0.1) is 60.0 Å². The molecule has 3 atom stereocenters. The second-order valence-corrected chi connectivity index (χ2v) is 11.1. The molecule has 43 heavy (non-hydrogen) atoms. The van der Waals surface area contributed by atoms with E-state index in [0.29, 0.717) is 36.0 Å². The van der Waals surface area contributed by atoms with Crippen molar-refractivity contribution in [3.8, 4) is 0 Å². The lowest BCUT2D eigenvalue weighted by Crippen LogP contribution is -2.62. The summed E-state index contributed by atoms with van der Waals surface area (Å²) in [6.45, 7) is 5.28. The van der Waals surface area contributed by atoms with Crippen LogP contribution in [0.5, 0.6) is 0 Å². The van der Waals surface area contributed by atoms with Crippen molar-refractivity contribution in [1.82, 2.24) is 19.9 Å². The van der Waals surface area contributed by atoms with Crippen LogP contribution in [0.25, 0.3) is 6.08 Å². The van der Waals surface area contributed by atoms with Crippen LogP contribution < -0.4 is 16.0 Å². The second kappa shape index (κ2) is 12.2. The Morgan fingerprint density at radius 3 is 2.63 bits per heavy atom. The molecular weight excluding hydrogens is 558 g/mol. The molecule has 2 aromatic heterocycles. The minimum absolute atomic E-state index is 0.0162. The van der Waals surface area contributed by atoms with E-state index in [2.05, 4.69) is 32.1 Å². The molecule has 13 heteroatoms. The first-order valence-corrected chi connectivity index (χ1v) is 13.9. The molecule has 3 aromatic rings. The van der Waals surface area contributed by atoms with Crippen LogP contribution in [0.15, 0.2) is 42.9 Å². The summed E-state index contributed by atoms with van der Waals surface area (Å²) in [6.07, 6.45) is 7.75. The monoisotopic (exact) mass is 594 g/mol. The van der Waals surface area contributed by atoms with E-state index in [1.165, 1.54) is 37.6 Å². The third-order valence-electron chi connectivity index (χ3n) is 8.22. The number of amides is 1. The number of nitrogens with two attached hydrogens (primary N) is 1. The van der Waals surface area contributed by atoms with Crippen molar-refractivity contribution in [2.45, 2.75) is 31.5 Å². The number of carbonyl (C=O) groups is 1. The highest BCUT2D eigenvalue weighted by Crippen LogP contribution is 2.35. The van der Waals surface area contributed by atoms with Gasteiger partial charge in [-0.25, -0.2) is 13.8 Å². The van der Waals surface area contributed by atoms with E-state index in [4.69, 9.17) is 20.6 Å². The number of pyridine rings is 1. The Labute approximate surface area is 248 Å². The molecule has 11 nitrogen and oxygen atoms in total. The number of H-pyrrole nitrogens is 1. The molecule has 2 aliphatic heterocycles. The average molecular weight is 595 g/mol. The first-order chi connectivity index (χ1) is 20.5. The molecule has 2 aliphatic rings. The summed E-state index contributed by atoms with van der Waals surface area (Å²) in [4.78, 5) is 27.5. The van der Waals surface area contributed by atoms with Gasteiger partial charge >= 0.3 is 0 Å². The number of aromatic amines is 1. The zero-order valence-corrected chi connectivity index (χ0v) is 24.5. The van der Waals surface area contributed by atoms with Crippen LogP contribution in [-0.4, -0.2) is 84.0 Å². The number of imidazole rings is 1. The molecule has 0 aliphatic carbocycles. The number of rotatable bonds is 9. The molecular formula is C30H36F2N8O3. The highest BCUT2D eigenvalue weighted by molar-refractivity contribution is 6.09. The standard InChI is InChI=1S/C30H36F2N8O3/c1-17-13-40(14-24(34)28(17)39(3)18(2)41)26-7-8-35-12-25(26)38-29-36-11-20(37-29)5-6-23(33)27-21(31)9-19(10-22(27)32)30(42-4)15-43-16-30/h5-12,17,24,28,33H,13-16,34H2,1-4H3,(H2,36,37,38)/b6-5-,33-23?. The van der Waals surface area contributed by atoms with Gasteiger partial charge in [0.2, 0.25) is 11.9 Å². The Morgan fingerprint density at radius 1 is 1.30 bits per heavy atom. The number of anilines is 3. The Hall–Kier alpha value is -4.20. The van der Waals surface area contributed by atoms with E-state index in [1.807, 2.05) is 6.07 Å². The summed E-state index contributed by atoms with van der Waals surface area (Å²) in [5.41, 5.74) is 7.32. The van der Waals surface area contributed by atoms with Gasteiger partial charge < -0.3 is 40.7 Å². The maximum atomic E-state index is 14.9. The predicted octanol–water partition coefficient (Wildman–Crippen LogP) is 3.41. The molecule has 1 aromatic carbocycles. The summed E-state index contributed by atoms with van der Waals surface area (Å²) in [5, 5.41) is 11.5. The Kier molecular flexibility index (Phi) is 8.58. The Morgan fingerprint density at radius 2 is 2.02 bits per heavy atom. The smallest absolute Gasteiger partial charge is 0.219 e. The van der Waals surface area contributed by atoms with E-state index in [-0.39, 0.29) is 42.8 Å². The fourth-order valence-corrected chi connectivity index (χ4v) is 5.80. The molecule has 5 rings (SSSR count). The number of benzene rings is 1. The van der Waals surface area contributed by atoms with Crippen molar-refractivity contribution in [3.63, 3.8) is 0 Å². The number of hydrogen-bond acceptors (Lipinski definition) is 9. The van der Waals surface area contributed by atoms with E-state index in [1.54, 1.807) is 31.3 Å². The number of nitrogens with one attached hydrogen (secondary N) is 3.